The van der Waals surface area contributed by atoms with Gasteiger partial charge in [-0.1, -0.05) is 36.8 Å². The van der Waals surface area contributed by atoms with Crippen LogP contribution in [0.2, 0.25) is 0 Å². The van der Waals surface area contributed by atoms with E-state index in [1.54, 1.807) is 48.5 Å². The lowest BCUT2D eigenvalue weighted by molar-refractivity contribution is -0.119. The number of carbonyl (C=O) groups excluding carboxylic acids is 1. The highest BCUT2D eigenvalue weighted by molar-refractivity contribution is 7.92. The van der Waals surface area contributed by atoms with Crippen LogP contribution in [0.3, 0.4) is 0 Å². The Bertz CT molecular complexity index is 1030. The van der Waals surface area contributed by atoms with Gasteiger partial charge in [-0.05, 0) is 82.9 Å². The Hall–Kier alpha value is -2.58. The number of nitrogens with one attached hydrogen (secondary N) is 1. The highest BCUT2D eigenvalue weighted by Gasteiger charge is 2.29. The molecule has 3 rings (SSSR count). The summed E-state index contributed by atoms with van der Waals surface area (Å²) in [5.74, 6) is 0.874. The Kier molecular flexibility index (Phi) is 9.36. The third-order valence-corrected chi connectivity index (χ3v) is 7.95. The molecule has 1 heterocycles. The molecular weight excluding hydrogens is 450 g/mol. The molecule has 0 aliphatic carbocycles. The molecule has 0 aromatic heterocycles. The second-order valence-corrected chi connectivity index (χ2v) is 10.8. The normalized spacial score (nSPS) is 15.1. The Balaban J connectivity index is 1.71. The third kappa shape index (κ3) is 6.96. The van der Waals surface area contributed by atoms with Crippen LogP contribution in [0.15, 0.2) is 53.4 Å². The first-order chi connectivity index (χ1) is 16.3. The molecule has 0 bridgehead atoms. The summed E-state index contributed by atoms with van der Waals surface area (Å²) in [6, 6.07) is 13.5. The molecule has 0 saturated carbocycles. The van der Waals surface area contributed by atoms with E-state index in [-0.39, 0.29) is 17.3 Å². The molecule has 1 aliphatic rings. The summed E-state index contributed by atoms with van der Waals surface area (Å²) in [6.07, 6.45) is 3.27. The fraction of sp³-hybridized carbons (Fsp3) is 0.500. The maximum absolute atomic E-state index is 13.6. The number of carbonyl (C=O) groups is 1. The van der Waals surface area contributed by atoms with Crippen molar-refractivity contribution in [3.8, 4) is 5.75 Å². The largest absolute Gasteiger partial charge is 0.492 e. The van der Waals surface area contributed by atoms with Crippen LogP contribution in [0.5, 0.6) is 5.75 Å². The number of ether oxygens (including phenoxy) is 1. The lowest BCUT2D eigenvalue weighted by atomic mass is 9.99. The minimum atomic E-state index is -3.98. The van der Waals surface area contributed by atoms with Crippen molar-refractivity contribution < 1.29 is 17.9 Å². The van der Waals surface area contributed by atoms with Gasteiger partial charge in [-0.25, -0.2) is 8.42 Å². The van der Waals surface area contributed by atoms with Gasteiger partial charge >= 0.3 is 0 Å². The van der Waals surface area contributed by atoms with Crippen molar-refractivity contribution in [1.29, 1.82) is 0 Å². The van der Waals surface area contributed by atoms with Crippen LogP contribution in [0.25, 0.3) is 0 Å². The topological polar surface area (TPSA) is 79.0 Å². The smallest absolute Gasteiger partial charge is 0.264 e. The maximum atomic E-state index is 13.6. The predicted molar refractivity (Wildman–Crippen MR) is 136 cm³/mol. The summed E-state index contributed by atoms with van der Waals surface area (Å²) in [5, 5.41) is 2.90. The van der Waals surface area contributed by atoms with E-state index in [4.69, 9.17) is 4.74 Å². The van der Waals surface area contributed by atoms with Gasteiger partial charge in [0.05, 0.1) is 17.2 Å². The van der Waals surface area contributed by atoms with Gasteiger partial charge in [0.2, 0.25) is 5.91 Å². The zero-order chi connectivity index (χ0) is 24.6. The number of hydrogen-bond donors (Lipinski definition) is 1. The third-order valence-electron chi connectivity index (χ3n) is 6.18. The second kappa shape index (κ2) is 12.2. The second-order valence-electron chi connectivity index (χ2n) is 8.95. The number of amides is 1. The average molecular weight is 488 g/mol. The van der Waals surface area contributed by atoms with Crippen LogP contribution in [0.1, 0.15) is 38.7 Å². The van der Waals surface area contributed by atoms with Crippen LogP contribution in [0, 0.1) is 12.8 Å². The van der Waals surface area contributed by atoms with Gasteiger partial charge < -0.3 is 15.0 Å². The predicted octanol–water partition coefficient (Wildman–Crippen LogP) is 3.83. The van der Waals surface area contributed by atoms with Gasteiger partial charge in [-0.2, -0.15) is 0 Å². The van der Waals surface area contributed by atoms with Crippen molar-refractivity contribution in [3.63, 3.8) is 0 Å². The van der Waals surface area contributed by atoms with Crippen LogP contribution >= 0.6 is 0 Å². The summed E-state index contributed by atoms with van der Waals surface area (Å²) in [4.78, 5) is 15.4. The lowest BCUT2D eigenvalue weighted by Gasteiger charge is -2.30. The molecule has 0 unspecified atom stereocenters. The minimum Gasteiger partial charge on any atom is -0.492 e. The molecule has 1 saturated heterocycles. The van der Waals surface area contributed by atoms with Crippen LogP contribution in [-0.2, 0) is 14.8 Å². The maximum Gasteiger partial charge on any atom is 0.264 e. The van der Waals surface area contributed by atoms with Crippen LogP contribution < -0.4 is 14.4 Å². The number of nitrogens with zero attached hydrogens (tertiary/aromatic N) is 2. The number of hydrogen-bond acceptors (Lipinski definition) is 5. The van der Waals surface area contributed by atoms with E-state index < -0.39 is 10.0 Å². The van der Waals surface area contributed by atoms with E-state index in [2.05, 4.69) is 17.1 Å². The van der Waals surface area contributed by atoms with E-state index in [0.29, 0.717) is 24.6 Å². The summed E-state index contributed by atoms with van der Waals surface area (Å²) in [6.45, 7) is 9.75. The molecule has 0 spiro atoms. The zero-order valence-corrected chi connectivity index (χ0v) is 21.3. The molecule has 0 radical (unpaired) electrons. The number of benzene rings is 2. The quantitative estimate of drug-likeness (QED) is 0.488. The molecule has 1 amide bonds. The van der Waals surface area contributed by atoms with Crippen molar-refractivity contribution in [2.75, 3.05) is 43.6 Å². The van der Waals surface area contributed by atoms with Gasteiger partial charge in [-0.15, -0.1) is 0 Å². The molecule has 186 valence electrons. The fourth-order valence-corrected chi connectivity index (χ4v) is 5.51. The van der Waals surface area contributed by atoms with E-state index in [1.165, 1.54) is 12.8 Å². The Morgan fingerprint density at radius 2 is 1.79 bits per heavy atom. The number of rotatable bonds is 11. The molecule has 2 aromatic rings. The van der Waals surface area contributed by atoms with E-state index in [0.717, 1.165) is 41.8 Å². The van der Waals surface area contributed by atoms with Gasteiger partial charge in [-0.3, -0.25) is 9.10 Å². The summed E-state index contributed by atoms with van der Waals surface area (Å²) >= 11 is 0. The minimum absolute atomic E-state index is 0.136. The molecular formula is C26H37N3O4S. The average Bonchev–Trinajstić information content (AvgIpc) is 2.82. The summed E-state index contributed by atoms with van der Waals surface area (Å²) in [5.41, 5.74) is 1.31. The van der Waals surface area contributed by atoms with Crippen LogP contribution in [0.4, 0.5) is 5.69 Å². The number of sulfonamides is 1. The van der Waals surface area contributed by atoms with Gasteiger partial charge in [0.1, 0.15) is 12.3 Å². The van der Waals surface area contributed by atoms with E-state index >= 15 is 0 Å². The first-order valence-corrected chi connectivity index (χ1v) is 13.6. The lowest BCUT2D eigenvalue weighted by Crippen LogP contribution is -2.42. The molecule has 1 N–H and O–H groups in total. The highest BCUT2D eigenvalue weighted by atomic mass is 32.2. The van der Waals surface area contributed by atoms with Crippen molar-refractivity contribution in [2.45, 2.75) is 44.9 Å². The first-order valence-electron chi connectivity index (χ1n) is 12.1. The number of likely N-dealkylation sites (tertiary alicyclic amines) is 1. The van der Waals surface area contributed by atoms with Crippen molar-refractivity contribution >= 4 is 21.6 Å². The van der Waals surface area contributed by atoms with Gasteiger partial charge in [0.15, 0.2) is 0 Å². The van der Waals surface area contributed by atoms with Gasteiger partial charge in [0, 0.05) is 6.54 Å². The first kappa shape index (κ1) is 26.0. The van der Waals surface area contributed by atoms with E-state index in [9.17, 15) is 13.2 Å². The number of para-hydroxylation sites is 2. The molecule has 2 aromatic carbocycles. The number of piperidine rings is 1. The zero-order valence-electron chi connectivity index (χ0n) is 20.5. The number of anilines is 1. The van der Waals surface area contributed by atoms with Crippen molar-refractivity contribution in [2.24, 2.45) is 5.92 Å². The highest BCUT2D eigenvalue weighted by Crippen LogP contribution is 2.32. The summed E-state index contributed by atoms with van der Waals surface area (Å²) < 4.78 is 34.0. The van der Waals surface area contributed by atoms with Crippen molar-refractivity contribution in [3.05, 3.63) is 54.1 Å². The molecule has 1 aliphatic heterocycles. The van der Waals surface area contributed by atoms with Crippen LogP contribution in [-0.4, -0.2) is 58.6 Å². The molecule has 0 atom stereocenters. The molecule has 7 nitrogen and oxygen atoms in total. The fourth-order valence-electron chi connectivity index (χ4n) is 4.08. The standard InChI is InChI=1S/C26H37N3O4S/c1-4-33-25-9-6-5-8-24(25)29(34(31,32)23-12-10-21(2)11-13-23)20-26(30)27-16-7-17-28-18-14-22(3)15-19-28/h5-6,8-13,22H,4,7,14-20H2,1-3H3,(H,27,30). The van der Waals surface area contributed by atoms with Gasteiger partial charge in [0.25, 0.3) is 10.0 Å². The SMILES string of the molecule is CCOc1ccccc1N(CC(=O)NCCCN1CCC(C)CC1)S(=O)(=O)c1ccc(C)cc1. The van der Waals surface area contributed by atoms with E-state index in [1.807, 2.05) is 13.8 Å². The molecule has 34 heavy (non-hydrogen) atoms. The molecule has 8 heteroatoms. The monoisotopic (exact) mass is 487 g/mol. The Labute approximate surface area is 204 Å². The molecule has 1 fully saturated rings. The Morgan fingerprint density at radius 3 is 2.47 bits per heavy atom. The Morgan fingerprint density at radius 1 is 1.12 bits per heavy atom. The number of aryl methyl sites for hydroxylation is 1. The summed E-state index contributed by atoms with van der Waals surface area (Å²) in [7, 11) is -3.98. The van der Waals surface area contributed by atoms with Crippen molar-refractivity contribution in [1.82, 2.24) is 10.2 Å².